The molecule has 0 saturated carbocycles. The number of aromatic hydroxyl groups is 1. The highest BCUT2D eigenvalue weighted by Gasteiger charge is 2.36. The first-order valence-electron chi connectivity index (χ1n) is 8.26. The molecular formula is C19H13Cl3N2O5S. The monoisotopic (exact) mass is 486 g/mol. The van der Waals surface area contributed by atoms with Crippen LogP contribution in [0.15, 0.2) is 35.2 Å². The van der Waals surface area contributed by atoms with Crippen LogP contribution in [0, 0.1) is 0 Å². The second-order valence-corrected chi connectivity index (χ2v) is 8.21. The van der Waals surface area contributed by atoms with Crippen LogP contribution < -0.4 is 10.1 Å². The molecule has 0 aliphatic carbocycles. The van der Waals surface area contributed by atoms with Gasteiger partial charge in [0.15, 0.2) is 5.75 Å². The highest BCUT2D eigenvalue weighted by molar-refractivity contribution is 8.18. The average molecular weight is 488 g/mol. The second kappa shape index (κ2) is 9.18. The van der Waals surface area contributed by atoms with Gasteiger partial charge in [-0.25, -0.2) is 0 Å². The number of phenols is 1. The molecule has 0 bridgehead atoms. The smallest absolute Gasteiger partial charge is 0.294 e. The van der Waals surface area contributed by atoms with Gasteiger partial charge >= 0.3 is 0 Å². The van der Waals surface area contributed by atoms with E-state index in [2.05, 4.69) is 5.32 Å². The van der Waals surface area contributed by atoms with E-state index in [0.29, 0.717) is 33.8 Å². The Hall–Kier alpha value is -2.39. The molecule has 11 heteroatoms. The molecule has 0 radical (unpaired) electrons. The van der Waals surface area contributed by atoms with Gasteiger partial charge in [-0.2, -0.15) is 0 Å². The number of thioether (sulfide) groups is 1. The van der Waals surface area contributed by atoms with Gasteiger partial charge in [0.25, 0.3) is 11.1 Å². The number of imide groups is 1. The Balaban J connectivity index is 1.72. The molecule has 3 rings (SSSR count). The van der Waals surface area contributed by atoms with Gasteiger partial charge in [-0.05, 0) is 53.7 Å². The molecule has 0 atom stereocenters. The molecule has 1 fully saturated rings. The fourth-order valence-electron chi connectivity index (χ4n) is 2.54. The van der Waals surface area contributed by atoms with Crippen molar-refractivity contribution in [2.75, 3.05) is 19.0 Å². The number of carbonyl (C=O) groups is 3. The number of nitrogens with one attached hydrogen (secondary N) is 1. The minimum Gasteiger partial charge on any atom is -0.505 e. The highest BCUT2D eigenvalue weighted by Crippen LogP contribution is 2.36. The molecule has 0 aromatic heterocycles. The van der Waals surface area contributed by atoms with Gasteiger partial charge in [-0.3, -0.25) is 19.3 Å². The topological polar surface area (TPSA) is 95.9 Å². The number of hydrogen-bond donors (Lipinski definition) is 2. The van der Waals surface area contributed by atoms with Crippen LogP contribution in [0.2, 0.25) is 15.1 Å². The van der Waals surface area contributed by atoms with Gasteiger partial charge in [-0.15, -0.1) is 0 Å². The Kier molecular flexibility index (Phi) is 6.82. The molecular weight excluding hydrogens is 475 g/mol. The molecule has 1 aliphatic heterocycles. The third-order valence-corrected chi connectivity index (χ3v) is 5.73. The third-order valence-electron chi connectivity index (χ3n) is 3.95. The first-order chi connectivity index (χ1) is 14.2. The van der Waals surface area contributed by atoms with E-state index in [9.17, 15) is 19.5 Å². The lowest BCUT2D eigenvalue weighted by molar-refractivity contribution is -0.127. The van der Waals surface area contributed by atoms with E-state index in [0.717, 1.165) is 4.90 Å². The molecule has 0 spiro atoms. The molecule has 1 aliphatic rings. The van der Waals surface area contributed by atoms with Crippen LogP contribution in [-0.4, -0.2) is 40.7 Å². The summed E-state index contributed by atoms with van der Waals surface area (Å²) in [6.07, 6.45) is 1.41. The Morgan fingerprint density at radius 2 is 1.83 bits per heavy atom. The number of phenolic OH excluding ortho intramolecular Hbond substituents is 1. The predicted molar refractivity (Wildman–Crippen MR) is 117 cm³/mol. The Morgan fingerprint density at radius 1 is 1.17 bits per heavy atom. The molecule has 2 aromatic carbocycles. The minimum atomic E-state index is -0.631. The zero-order valence-corrected chi connectivity index (χ0v) is 18.3. The molecule has 1 heterocycles. The van der Waals surface area contributed by atoms with Crippen LogP contribution in [0.1, 0.15) is 5.56 Å². The molecule has 3 amide bonds. The Bertz CT molecular complexity index is 1070. The number of carbonyl (C=O) groups excluding carboxylic acids is 3. The molecule has 156 valence electrons. The summed E-state index contributed by atoms with van der Waals surface area (Å²) in [4.78, 5) is 38.0. The number of rotatable bonds is 5. The van der Waals surface area contributed by atoms with Crippen molar-refractivity contribution in [3.8, 4) is 11.5 Å². The highest BCUT2D eigenvalue weighted by atomic mass is 35.5. The predicted octanol–water partition coefficient (Wildman–Crippen LogP) is 5.04. The summed E-state index contributed by atoms with van der Waals surface area (Å²) in [6, 6.07) is 7.45. The van der Waals surface area contributed by atoms with E-state index in [1.807, 2.05) is 0 Å². The quantitative estimate of drug-likeness (QED) is 0.574. The molecule has 0 unspecified atom stereocenters. The lowest BCUT2D eigenvalue weighted by atomic mass is 10.2. The van der Waals surface area contributed by atoms with E-state index in [-0.39, 0.29) is 20.7 Å². The van der Waals surface area contributed by atoms with E-state index >= 15 is 0 Å². The lowest BCUT2D eigenvalue weighted by Gasteiger charge is -2.13. The molecule has 2 aromatic rings. The SMILES string of the molecule is COc1ccc(NC(=O)CN2C(=O)S/C(=C\c3cc(Cl)c(O)c(Cl)c3)C2=O)cc1Cl. The number of anilines is 1. The van der Waals surface area contributed by atoms with E-state index in [4.69, 9.17) is 39.5 Å². The number of hydrogen-bond acceptors (Lipinski definition) is 6. The fourth-order valence-corrected chi connectivity index (χ4v) is 4.14. The van der Waals surface area contributed by atoms with Gasteiger partial charge in [0, 0.05) is 5.69 Å². The number of methoxy groups -OCH3 is 1. The van der Waals surface area contributed by atoms with Gasteiger partial charge in [0.2, 0.25) is 5.91 Å². The van der Waals surface area contributed by atoms with Crippen molar-refractivity contribution >= 4 is 75.4 Å². The maximum absolute atomic E-state index is 12.6. The molecule has 1 saturated heterocycles. The van der Waals surface area contributed by atoms with Crippen molar-refractivity contribution in [1.29, 1.82) is 0 Å². The van der Waals surface area contributed by atoms with Crippen LogP contribution >= 0.6 is 46.6 Å². The third kappa shape index (κ3) is 4.84. The van der Waals surface area contributed by atoms with Crippen molar-refractivity contribution in [2.45, 2.75) is 0 Å². The zero-order valence-electron chi connectivity index (χ0n) is 15.2. The first kappa shape index (κ1) is 22.3. The maximum atomic E-state index is 12.6. The number of amides is 3. The molecule has 2 N–H and O–H groups in total. The summed E-state index contributed by atoms with van der Waals surface area (Å²) in [5.74, 6) is -1.04. The van der Waals surface area contributed by atoms with Gasteiger partial charge < -0.3 is 15.2 Å². The first-order valence-corrected chi connectivity index (χ1v) is 10.2. The maximum Gasteiger partial charge on any atom is 0.294 e. The number of nitrogens with zero attached hydrogens (tertiary/aromatic N) is 1. The van der Waals surface area contributed by atoms with E-state index < -0.39 is 23.6 Å². The summed E-state index contributed by atoms with van der Waals surface area (Å²) in [5.41, 5.74) is 0.812. The minimum absolute atomic E-state index is 0.00510. The van der Waals surface area contributed by atoms with Crippen molar-refractivity contribution < 1.29 is 24.2 Å². The fraction of sp³-hybridized carbons (Fsp3) is 0.105. The van der Waals surface area contributed by atoms with Crippen molar-refractivity contribution in [3.05, 3.63) is 55.9 Å². The summed E-state index contributed by atoms with van der Waals surface area (Å²) in [7, 11) is 1.47. The van der Waals surface area contributed by atoms with Crippen molar-refractivity contribution in [3.63, 3.8) is 0 Å². The van der Waals surface area contributed by atoms with Crippen LogP contribution in [0.4, 0.5) is 10.5 Å². The zero-order chi connectivity index (χ0) is 22.0. The van der Waals surface area contributed by atoms with Crippen LogP contribution in [0.5, 0.6) is 11.5 Å². The summed E-state index contributed by atoms with van der Waals surface area (Å²) >= 11 is 18.4. The Morgan fingerprint density at radius 3 is 2.43 bits per heavy atom. The van der Waals surface area contributed by atoms with Gasteiger partial charge in [-0.1, -0.05) is 34.8 Å². The van der Waals surface area contributed by atoms with Crippen LogP contribution in [-0.2, 0) is 9.59 Å². The van der Waals surface area contributed by atoms with E-state index in [1.165, 1.54) is 31.4 Å². The summed E-state index contributed by atoms with van der Waals surface area (Å²) in [5, 5.41) is 11.9. The van der Waals surface area contributed by atoms with Gasteiger partial charge in [0.05, 0.1) is 27.1 Å². The normalized spacial score (nSPS) is 15.1. The van der Waals surface area contributed by atoms with Crippen LogP contribution in [0.25, 0.3) is 6.08 Å². The number of benzene rings is 2. The summed E-state index contributed by atoms with van der Waals surface area (Å²) < 4.78 is 5.04. The standard InChI is InChI=1S/C19H13Cl3N2O5S/c1-29-14-3-2-10(7-11(14)20)23-16(25)8-24-18(27)15(30-19(24)28)6-9-4-12(21)17(26)13(22)5-9/h2-7,26H,8H2,1H3,(H,23,25)/b15-6-. The second-order valence-electron chi connectivity index (χ2n) is 6.00. The van der Waals surface area contributed by atoms with Gasteiger partial charge in [0.1, 0.15) is 12.3 Å². The summed E-state index contributed by atoms with van der Waals surface area (Å²) in [6.45, 7) is -0.469. The largest absolute Gasteiger partial charge is 0.505 e. The van der Waals surface area contributed by atoms with Crippen molar-refractivity contribution in [1.82, 2.24) is 4.90 Å². The van der Waals surface area contributed by atoms with E-state index in [1.54, 1.807) is 12.1 Å². The average Bonchev–Trinajstić information content (AvgIpc) is 2.93. The molecule has 30 heavy (non-hydrogen) atoms. The Labute approximate surface area is 190 Å². The van der Waals surface area contributed by atoms with Crippen molar-refractivity contribution in [2.24, 2.45) is 0 Å². The number of halogens is 3. The van der Waals surface area contributed by atoms with Crippen LogP contribution in [0.3, 0.4) is 0 Å². The lowest BCUT2D eigenvalue weighted by Crippen LogP contribution is -2.36. The molecule has 7 nitrogen and oxygen atoms in total. The number of ether oxygens (including phenoxy) is 1.